The third-order valence-electron chi connectivity index (χ3n) is 6.53. The molecule has 33 heavy (non-hydrogen) atoms. The zero-order valence-electron chi connectivity index (χ0n) is 19.5. The summed E-state index contributed by atoms with van der Waals surface area (Å²) in [6.45, 7) is 6.34. The fourth-order valence-corrected chi connectivity index (χ4v) is 4.28. The van der Waals surface area contributed by atoms with Gasteiger partial charge >= 0.3 is 12.1 Å². The van der Waals surface area contributed by atoms with E-state index in [2.05, 4.69) is 29.6 Å². The molecule has 1 aliphatic carbocycles. The third kappa shape index (κ3) is 5.35. The van der Waals surface area contributed by atoms with E-state index in [0.29, 0.717) is 13.0 Å². The van der Waals surface area contributed by atoms with Gasteiger partial charge in [-0.15, -0.1) is 0 Å². The van der Waals surface area contributed by atoms with Gasteiger partial charge in [0.1, 0.15) is 6.61 Å². The maximum absolute atomic E-state index is 13.0. The largest absolute Gasteiger partial charge is 0.481 e. The third-order valence-corrected chi connectivity index (χ3v) is 6.53. The maximum Gasteiger partial charge on any atom is 0.407 e. The number of carboxylic acids is 1. The number of rotatable bonds is 10. The summed E-state index contributed by atoms with van der Waals surface area (Å²) in [5.74, 6) is -1.15. The summed E-state index contributed by atoms with van der Waals surface area (Å²) >= 11 is 0. The van der Waals surface area contributed by atoms with Crippen molar-refractivity contribution >= 4 is 18.0 Å². The first kappa shape index (κ1) is 24.3. The van der Waals surface area contributed by atoms with E-state index >= 15 is 0 Å². The van der Waals surface area contributed by atoms with Gasteiger partial charge < -0.3 is 20.1 Å². The molecule has 1 atom stereocenters. The van der Waals surface area contributed by atoms with E-state index in [4.69, 9.17) is 9.84 Å². The van der Waals surface area contributed by atoms with Crippen molar-refractivity contribution in [1.29, 1.82) is 0 Å². The summed E-state index contributed by atoms with van der Waals surface area (Å²) in [5.41, 5.74) is 3.74. The lowest BCUT2D eigenvalue weighted by atomic mass is 9.85. The lowest BCUT2D eigenvalue weighted by Crippen LogP contribution is -2.49. The van der Waals surface area contributed by atoms with E-state index < -0.39 is 17.5 Å². The second-order valence-electron chi connectivity index (χ2n) is 8.62. The summed E-state index contributed by atoms with van der Waals surface area (Å²) < 4.78 is 5.57. The molecule has 7 nitrogen and oxygen atoms in total. The van der Waals surface area contributed by atoms with Crippen LogP contribution in [0.5, 0.6) is 0 Å². The molecule has 0 saturated carbocycles. The van der Waals surface area contributed by atoms with Gasteiger partial charge in [0, 0.05) is 25.6 Å². The molecule has 0 aliphatic heterocycles. The van der Waals surface area contributed by atoms with Gasteiger partial charge in [0.2, 0.25) is 5.91 Å². The average molecular weight is 453 g/mol. The first-order valence-corrected chi connectivity index (χ1v) is 11.4. The summed E-state index contributed by atoms with van der Waals surface area (Å²) in [6.07, 6.45) is -0.184. The quantitative estimate of drug-likeness (QED) is 0.561. The molecule has 0 fully saturated rings. The second-order valence-corrected chi connectivity index (χ2v) is 8.62. The Hall–Kier alpha value is -3.35. The van der Waals surface area contributed by atoms with E-state index in [0.717, 1.165) is 22.3 Å². The topological polar surface area (TPSA) is 95.9 Å². The molecule has 1 aliphatic rings. The second kappa shape index (κ2) is 10.5. The van der Waals surface area contributed by atoms with Crippen LogP contribution in [0, 0.1) is 5.41 Å². The van der Waals surface area contributed by atoms with Crippen molar-refractivity contribution in [3.8, 4) is 11.1 Å². The van der Waals surface area contributed by atoms with Crippen molar-refractivity contribution in [2.75, 3.05) is 26.2 Å². The number of hydrogen-bond acceptors (Lipinski definition) is 4. The number of carboxylic acid groups (broad SMARTS) is 1. The highest BCUT2D eigenvalue weighted by atomic mass is 16.5. The highest BCUT2D eigenvalue weighted by Gasteiger charge is 2.35. The minimum absolute atomic E-state index is 0.0334. The molecule has 0 heterocycles. The molecular formula is C26H32N2O5. The number of nitrogens with one attached hydrogen (secondary N) is 1. The van der Waals surface area contributed by atoms with Crippen LogP contribution >= 0.6 is 0 Å². The minimum atomic E-state index is -0.948. The predicted octanol–water partition coefficient (Wildman–Crippen LogP) is 4.26. The van der Waals surface area contributed by atoms with E-state index in [1.54, 1.807) is 6.92 Å². The SMILES string of the molecule is CCN(CCC(=O)O)C(=O)C(C)(CC)CNC(=O)OCC1c2ccccc2-c2ccccc21. The lowest BCUT2D eigenvalue weighted by Gasteiger charge is -2.33. The Morgan fingerprint density at radius 2 is 1.61 bits per heavy atom. The molecule has 176 valence electrons. The Balaban J connectivity index is 1.60. The molecule has 2 aromatic rings. The molecule has 7 heteroatoms. The van der Waals surface area contributed by atoms with Gasteiger partial charge in [-0.25, -0.2) is 4.79 Å². The molecule has 0 saturated heterocycles. The van der Waals surface area contributed by atoms with Gasteiger partial charge in [-0.2, -0.15) is 0 Å². The predicted molar refractivity (Wildman–Crippen MR) is 126 cm³/mol. The fourth-order valence-electron chi connectivity index (χ4n) is 4.28. The van der Waals surface area contributed by atoms with Gasteiger partial charge in [-0.05, 0) is 42.5 Å². The van der Waals surface area contributed by atoms with Gasteiger partial charge in [0.05, 0.1) is 11.8 Å². The molecule has 1 unspecified atom stereocenters. The van der Waals surface area contributed by atoms with E-state index in [1.165, 1.54) is 4.90 Å². The number of carbonyl (C=O) groups is 3. The molecule has 3 rings (SSSR count). The molecule has 2 N–H and O–H groups in total. The first-order valence-electron chi connectivity index (χ1n) is 11.4. The van der Waals surface area contributed by atoms with Gasteiger partial charge in [-0.3, -0.25) is 9.59 Å². The van der Waals surface area contributed by atoms with Crippen LogP contribution in [0.15, 0.2) is 48.5 Å². The van der Waals surface area contributed by atoms with Crippen molar-refractivity contribution in [3.63, 3.8) is 0 Å². The Bertz CT molecular complexity index is 976. The number of alkyl carbamates (subject to hydrolysis) is 1. The highest BCUT2D eigenvalue weighted by molar-refractivity contribution is 5.84. The maximum atomic E-state index is 13.0. The van der Waals surface area contributed by atoms with Crippen LogP contribution in [-0.2, 0) is 14.3 Å². The van der Waals surface area contributed by atoms with Crippen LogP contribution in [0.25, 0.3) is 11.1 Å². The Morgan fingerprint density at radius 1 is 1.03 bits per heavy atom. The van der Waals surface area contributed by atoms with Crippen molar-refractivity contribution in [3.05, 3.63) is 59.7 Å². The molecule has 2 amide bonds. The van der Waals surface area contributed by atoms with Crippen molar-refractivity contribution in [1.82, 2.24) is 10.2 Å². The van der Waals surface area contributed by atoms with Gasteiger partial charge in [0.15, 0.2) is 0 Å². The van der Waals surface area contributed by atoms with Gasteiger partial charge in [0.25, 0.3) is 0 Å². The molecule has 0 spiro atoms. The number of aliphatic carboxylic acids is 1. The van der Waals surface area contributed by atoms with E-state index in [-0.39, 0.29) is 37.9 Å². The minimum Gasteiger partial charge on any atom is -0.481 e. The van der Waals surface area contributed by atoms with Crippen molar-refractivity contribution < 1.29 is 24.2 Å². The Labute approximate surface area is 194 Å². The zero-order chi connectivity index (χ0) is 24.0. The van der Waals surface area contributed by atoms with E-state index in [9.17, 15) is 14.4 Å². The van der Waals surface area contributed by atoms with Crippen LogP contribution in [-0.4, -0.2) is 54.2 Å². The highest BCUT2D eigenvalue weighted by Crippen LogP contribution is 2.44. The normalized spacial score (nSPS) is 14.0. The Kier molecular flexibility index (Phi) is 7.74. The molecular weight excluding hydrogens is 420 g/mol. The fraction of sp³-hybridized carbons (Fsp3) is 0.423. The summed E-state index contributed by atoms with van der Waals surface area (Å²) in [5, 5.41) is 11.7. The molecule has 0 bridgehead atoms. The smallest absolute Gasteiger partial charge is 0.407 e. The number of amides is 2. The molecule has 0 radical (unpaired) electrons. The van der Waals surface area contributed by atoms with Gasteiger partial charge in [-0.1, -0.05) is 55.5 Å². The summed E-state index contributed by atoms with van der Waals surface area (Å²) in [7, 11) is 0. The van der Waals surface area contributed by atoms with Crippen LogP contribution < -0.4 is 5.32 Å². The van der Waals surface area contributed by atoms with Crippen LogP contribution in [0.1, 0.15) is 50.7 Å². The Morgan fingerprint density at radius 3 is 2.12 bits per heavy atom. The standard InChI is InChI=1S/C26H32N2O5/c1-4-26(3,24(31)28(5-2)15-14-23(29)30)17-27-25(32)33-16-22-20-12-8-6-10-18(20)19-11-7-9-13-21(19)22/h6-13,22H,4-5,14-17H2,1-3H3,(H,27,32)(H,29,30). The average Bonchev–Trinajstić information content (AvgIpc) is 3.15. The zero-order valence-corrected chi connectivity index (χ0v) is 19.5. The molecule has 2 aromatic carbocycles. The number of carbonyl (C=O) groups excluding carboxylic acids is 2. The lowest BCUT2D eigenvalue weighted by molar-refractivity contribution is -0.143. The van der Waals surface area contributed by atoms with Crippen LogP contribution in [0.2, 0.25) is 0 Å². The molecule has 0 aromatic heterocycles. The first-order chi connectivity index (χ1) is 15.8. The van der Waals surface area contributed by atoms with Crippen LogP contribution in [0.3, 0.4) is 0 Å². The van der Waals surface area contributed by atoms with Crippen LogP contribution in [0.4, 0.5) is 4.79 Å². The summed E-state index contributed by atoms with van der Waals surface area (Å²) in [4.78, 5) is 38.0. The number of nitrogens with zero attached hydrogens (tertiary/aromatic N) is 1. The van der Waals surface area contributed by atoms with Crippen molar-refractivity contribution in [2.24, 2.45) is 5.41 Å². The van der Waals surface area contributed by atoms with E-state index in [1.807, 2.05) is 38.1 Å². The summed E-state index contributed by atoms with van der Waals surface area (Å²) in [6, 6.07) is 16.3. The van der Waals surface area contributed by atoms with Crippen molar-refractivity contribution in [2.45, 2.75) is 39.5 Å². The number of ether oxygens (including phenoxy) is 1. The number of benzene rings is 2. The number of fused-ring (bicyclic) bond motifs is 3. The number of hydrogen-bond donors (Lipinski definition) is 2. The monoisotopic (exact) mass is 452 g/mol.